The maximum atomic E-state index is 2.42. The monoisotopic (exact) mass is 206 g/mol. The van der Waals surface area contributed by atoms with E-state index in [9.17, 15) is 0 Å². The van der Waals surface area contributed by atoms with Gasteiger partial charge in [0, 0.05) is 11.3 Å². The molecule has 0 radical (unpaired) electrons. The lowest BCUT2D eigenvalue weighted by Gasteiger charge is -2.42. The molecule has 4 rings (SSSR count). The zero-order valence-corrected chi connectivity index (χ0v) is 9.40. The van der Waals surface area contributed by atoms with Crippen LogP contribution in [0.4, 0.5) is 0 Å². The van der Waals surface area contributed by atoms with Gasteiger partial charge in [-0.2, -0.15) is 0 Å². The van der Waals surface area contributed by atoms with Gasteiger partial charge in [0.2, 0.25) is 0 Å². The van der Waals surface area contributed by atoms with Crippen LogP contribution in [0.5, 0.6) is 0 Å². The van der Waals surface area contributed by atoms with Crippen LogP contribution in [0.3, 0.4) is 0 Å². The molecule has 78 valence electrons. The Morgan fingerprint density at radius 3 is 2.25 bits per heavy atom. The van der Waals surface area contributed by atoms with Crippen LogP contribution in [0.2, 0.25) is 0 Å². The number of benzene rings is 2. The van der Waals surface area contributed by atoms with Crippen LogP contribution in [-0.4, -0.2) is 0 Å². The molecule has 0 aliphatic heterocycles. The van der Waals surface area contributed by atoms with Crippen LogP contribution in [0, 0.1) is 0 Å². The van der Waals surface area contributed by atoms with Gasteiger partial charge >= 0.3 is 0 Å². The van der Waals surface area contributed by atoms with Crippen LogP contribution < -0.4 is 0 Å². The van der Waals surface area contributed by atoms with Crippen molar-refractivity contribution in [3.63, 3.8) is 0 Å². The lowest BCUT2D eigenvalue weighted by Crippen LogP contribution is -2.37. The average Bonchev–Trinajstić information content (AvgIpc) is 3.02. The molecule has 0 spiro atoms. The summed E-state index contributed by atoms with van der Waals surface area (Å²) in [6.45, 7) is 2.42. The Balaban J connectivity index is 1.79. The Hall–Kier alpha value is -1.56. The van der Waals surface area contributed by atoms with Crippen molar-refractivity contribution in [1.82, 2.24) is 0 Å². The van der Waals surface area contributed by atoms with Gasteiger partial charge in [-0.1, -0.05) is 55.5 Å². The molecule has 1 unspecified atom stereocenters. The van der Waals surface area contributed by atoms with Gasteiger partial charge in [0.05, 0.1) is 0 Å². The van der Waals surface area contributed by atoms with Crippen LogP contribution in [0.25, 0.3) is 0 Å². The molecule has 2 aromatic rings. The fourth-order valence-electron chi connectivity index (χ4n) is 3.52. The molecule has 1 atom stereocenters. The first kappa shape index (κ1) is 8.58. The summed E-state index contributed by atoms with van der Waals surface area (Å²) in [4.78, 5) is 0. The van der Waals surface area contributed by atoms with E-state index in [1.54, 1.807) is 22.3 Å². The summed E-state index contributed by atoms with van der Waals surface area (Å²) in [7, 11) is 0. The van der Waals surface area contributed by atoms with E-state index in [1.165, 1.54) is 6.42 Å². The van der Waals surface area contributed by atoms with Crippen LogP contribution >= 0.6 is 0 Å². The van der Waals surface area contributed by atoms with Crippen LogP contribution in [0.1, 0.15) is 35.1 Å². The second-order valence-electron chi connectivity index (χ2n) is 5.31. The fraction of sp³-hybridized carbons (Fsp3) is 0.250. The van der Waals surface area contributed by atoms with Gasteiger partial charge in [-0.25, -0.2) is 0 Å². The van der Waals surface area contributed by atoms with Crippen molar-refractivity contribution < 1.29 is 0 Å². The first-order chi connectivity index (χ1) is 7.81. The highest BCUT2D eigenvalue weighted by atomic mass is 14.5. The summed E-state index contributed by atoms with van der Waals surface area (Å²) in [5.74, 6) is 0.692. The van der Waals surface area contributed by atoms with Crippen molar-refractivity contribution in [1.29, 1.82) is 0 Å². The molecular formula is C16H14. The minimum Gasteiger partial charge on any atom is -0.0620 e. The summed E-state index contributed by atoms with van der Waals surface area (Å²) < 4.78 is 0. The molecule has 0 aromatic heterocycles. The lowest BCUT2D eigenvalue weighted by atomic mass is 9.61. The minimum atomic E-state index is 0.375. The molecule has 0 heterocycles. The van der Waals surface area contributed by atoms with Gasteiger partial charge in [-0.15, -0.1) is 0 Å². The first-order valence-corrected chi connectivity index (χ1v) is 5.98. The Morgan fingerprint density at radius 2 is 1.56 bits per heavy atom. The highest BCUT2D eigenvalue weighted by molar-refractivity contribution is 5.62. The molecule has 0 heteroatoms. The van der Waals surface area contributed by atoms with Crippen molar-refractivity contribution in [2.24, 2.45) is 0 Å². The standard InChI is InChI=1S/C16H14/c1-16(10-11-6-2-5-9-14(11)16)15-12-7-3-4-8-13(12)15/h2-9,15H,10H2,1H3. The molecule has 0 N–H and O–H groups in total. The maximum absolute atomic E-state index is 2.42. The Morgan fingerprint density at radius 1 is 0.938 bits per heavy atom. The van der Waals surface area contributed by atoms with Crippen LogP contribution in [-0.2, 0) is 11.8 Å². The molecule has 0 fully saturated rings. The van der Waals surface area contributed by atoms with Gasteiger partial charge in [0.1, 0.15) is 0 Å². The van der Waals surface area contributed by atoms with Crippen molar-refractivity contribution in [3.8, 4) is 0 Å². The normalized spacial score (nSPS) is 25.6. The summed E-state index contributed by atoms with van der Waals surface area (Å²) in [5.41, 5.74) is 6.62. The lowest BCUT2D eigenvalue weighted by molar-refractivity contribution is 0.397. The smallest absolute Gasteiger partial charge is 0.0193 e. The number of hydrogen-bond acceptors (Lipinski definition) is 0. The summed E-state index contributed by atoms with van der Waals surface area (Å²) in [5, 5.41) is 0. The van der Waals surface area contributed by atoms with Crippen molar-refractivity contribution in [3.05, 3.63) is 70.8 Å². The van der Waals surface area contributed by atoms with Crippen molar-refractivity contribution in [2.75, 3.05) is 0 Å². The van der Waals surface area contributed by atoms with Gasteiger partial charge in [0.15, 0.2) is 0 Å². The van der Waals surface area contributed by atoms with E-state index < -0.39 is 0 Å². The molecule has 0 amide bonds. The van der Waals surface area contributed by atoms with E-state index in [0.29, 0.717) is 11.3 Å². The van der Waals surface area contributed by atoms with Gasteiger partial charge in [-0.05, 0) is 28.7 Å². The van der Waals surface area contributed by atoms with E-state index in [4.69, 9.17) is 0 Å². The second-order valence-corrected chi connectivity index (χ2v) is 5.31. The van der Waals surface area contributed by atoms with E-state index in [-0.39, 0.29) is 0 Å². The summed E-state index contributed by atoms with van der Waals surface area (Å²) in [6.07, 6.45) is 1.24. The zero-order valence-electron chi connectivity index (χ0n) is 9.40. The van der Waals surface area contributed by atoms with E-state index in [1.807, 2.05) is 0 Å². The summed E-state index contributed by atoms with van der Waals surface area (Å²) >= 11 is 0. The molecule has 2 aliphatic carbocycles. The molecule has 2 aromatic carbocycles. The molecule has 16 heavy (non-hydrogen) atoms. The average molecular weight is 206 g/mol. The first-order valence-electron chi connectivity index (χ1n) is 5.98. The third-order valence-corrected chi connectivity index (χ3v) is 4.36. The topological polar surface area (TPSA) is 0 Å². The third-order valence-electron chi connectivity index (χ3n) is 4.36. The third kappa shape index (κ3) is 0.863. The van der Waals surface area contributed by atoms with E-state index in [0.717, 1.165) is 0 Å². The molecule has 2 aliphatic rings. The largest absolute Gasteiger partial charge is 0.0620 e. The SMILES string of the molecule is CC1(C2c3ccccc32)Cc2ccccc21. The predicted molar refractivity (Wildman–Crippen MR) is 65.8 cm³/mol. The quantitative estimate of drug-likeness (QED) is 0.668. The Bertz CT molecular complexity index is 559. The highest BCUT2D eigenvalue weighted by Crippen LogP contribution is 2.61. The number of fused-ring (bicyclic) bond motifs is 2. The maximum Gasteiger partial charge on any atom is 0.0193 e. The highest BCUT2D eigenvalue weighted by Gasteiger charge is 2.52. The molecular weight excluding hydrogens is 192 g/mol. The fourth-order valence-corrected chi connectivity index (χ4v) is 3.52. The predicted octanol–water partition coefficient (Wildman–Crippen LogP) is 3.65. The Kier molecular flexibility index (Phi) is 1.38. The number of rotatable bonds is 1. The molecule has 0 nitrogen and oxygen atoms in total. The molecule has 0 bridgehead atoms. The number of hydrogen-bond donors (Lipinski definition) is 0. The van der Waals surface area contributed by atoms with E-state index >= 15 is 0 Å². The second kappa shape index (κ2) is 2.57. The van der Waals surface area contributed by atoms with E-state index in [2.05, 4.69) is 55.5 Å². The Labute approximate surface area is 95.9 Å². The zero-order chi connectivity index (χ0) is 10.8. The van der Waals surface area contributed by atoms with Gasteiger partial charge < -0.3 is 0 Å². The van der Waals surface area contributed by atoms with Gasteiger partial charge in [0.25, 0.3) is 0 Å². The summed E-state index contributed by atoms with van der Waals surface area (Å²) in [6, 6.07) is 17.8. The van der Waals surface area contributed by atoms with Gasteiger partial charge in [-0.3, -0.25) is 0 Å². The van der Waals surface area contributed by atoms with Crippen molar-refractivity contribution >= 4 is 0 Å². The van der Waals surface area contributed by atoms with Crippen molar-refractivity contribution in [2.45, 2.75) is 24.7 Å². The van der Waals surface area contributed by atoms with Crippen LogP contribution in [0.15, 0.2) is 48.5 Å². The molecule has 0 saturated heterocycles. The minimum absolute atomic E-state index is 0.375. The molecule has 0 saturated carbocycles.